The second-order valence-corrected chi connectivity index (χ2v) is 6.66. The van der Waals surface area contributed by atoms with E-state index in [0.29, 0.717) is 22.8 Å². The smallest absolute Gasteiger partial charge is 0.265 e. The molecular weight excluding hydrogens is 315 g/mol. The highest BCUT2D eigenvalue weighted by Crippen LogP contribution is 2.24. The number of hydrogen-bond donors (Lipinski definition) is 1. The predicted octanol–water partition coefficient (Wildman–Crippen LogP) is 2.69. The van der Waals surface area contributed by atoms with Crippen LogP contribution in [0.4, 0.5) is 10.1 Å². The molecule has 1 aromatic heterocycles. The summed E-state index contributed by atoms with van der Waals surface area (Å²) in [6.45, 7) is 5.13. The molecule has 7 heteroatoms. The van der Waals surface area contributed by atoms with Gasteiger partial charge in [0.05, 0.1) is 11.4 Å². The third-order valence-electron chi connectivity index (χ3n) is 4.06. The molecule has 3 rings (SSSR count). The summed E-state index contributed by atoms with van der Waals surface area (Å²) in [5.41, 5.74) is 2.28. The van der Waals surface area contributed by atoms with Crippen LogP contribution in [-0.2, 0) is 0 Å². The lowest BCUT2D eigenvalue weighted by Crippen LogP contribution is -2.48. The number of carbonyl (C=O) groups is 1. The summed E-state index contributed by atoms with van der Waals surface area (Å²) in [5, 5.41) is 6.89. The fraction of sp³-hybridized carbons (Fsp3) is 0.438. The Morgan fingerprint density at radius 1 is 1.43 bits per heavy atom. The van der Waals surface area contributed by atoms with Gasteiger partial charge in [-0.25, -0.2) is 4.39 Å². The first-order valence-corrected chi connectivity index (χ1v) is 8.43. The molecule has 1 amide bonds. The van der Waals surface area contributed by atoms with Crippen LogP contribution in [0.3, 0.4) is 0 Å². The molecule has 2 heterocycles. The maximum absolute atomic E-state index is 14.1. The average Bonchev–Trinajstić information content (AvgIpc) is 2.96. The van der Waals surface area contributed by atoms with Gasteiger partial charge in [-0.2, -0.15) is 0 Å². The van der Waals surface area contributed by atoms with E-state index in [2.05, 4.69) is 14.9 Å². The number of carbonyl (C=O) groups excluding carboxylic acids is 1. The van der Waals surface area contributed by atoms with Gasteiger partial charge in [0.2, 0.25) is 0 Å². The Bertz CT molecular complexity index is 718. The number of nitrogens with zero attached hydrogens (tertiary/aromatic N) is 3. The Morgan fingerprint density at radius 3 is 3.00 bits per heavy atom. The lowest BCUT2D eigenvalue weighted by Gasteiger charge is -2.35. The summed E-state index contributed by atoms with van der Waals surface area (Å²) in [5.74, 6) is -0.362. The van der Waals surface area contributed by atoms with Crippen molar-refractivity contribution >= 4 is 23.1 Å². The summed E-state index contributed by atoms with van der Waals surface area (Å²) < 4.78 is 17.9. The molecule has 0 saturated carbocycles. The molecule has 2 aromatic rings. The van der Waals surface area contributed by atoms with E-state index in [1.807, 2.05) is 17.9 Å². The second-order valence-electron chi connectivity index (χ2n) is 5.90. The minimum absolute atomic E-state index is 0.00216. The van der Waals surface area contributed by atoms with Gasteiger partial charge < -0.3 is 10.2 Å². The van der Waals surface area contributed by atoms with E-state index in [0.717, 1.165) is 36.5 Å². The molecule has 1 fully saturated rings. The highest BCUT2D eigenvalue weighted by atomic mass is 32.1. The van der Waals surface area contributed by atoms with Crippen molar-refractivity contribution in [3.8, 4) is 0 Å². The first-order valence-electron chi connectivity index (χ1n) is 7.65. The largest absolute Gasteiger partial charge is 0.367 e. The normalized spacial score (nSPS) is 18.0. The summed E-state index contributed by atoms with van der Waals surface area (Å²) in [4.78, 5) is 14.8. The van der Waals surface area contributed by atoms with Gasteiger partial charge in [0.25, 0.3) is 5.91 Å². The molecule has 1 aliphatic rings. The van der Waals surface area contributed by atoms with Crippen molar-refractivity contribution in [1.82, 2.24) is 14.9 Å². The zero-order valence-electron chi connectivity index (χ0n) is 13.2. The predicted molar refractivity (Wildman–Crippen MR) is 88.5 cm³/mol. The van der Waals surface area contributed by atoms with Crippen molar-refractivity contribution in [2.45, 2.75) is 32.7 Å². The van der Waals surface area contributed by atoms with Crippen LogP contribution in [0.15, 0.2) is 18.2 Å². The zero-order valence-corrected chi connectivity index (χ0v) is 14.0. The van der Waals surface area contributed by atoms with E-state index in [-0.39, 0.29) is 17.8 Å². The third kappa shape index (κ3) is 3.50. The van der Waals surface area contributed by atoms with Crippen molar-refractivity contribution in [2.75, 3.05) is 18.0 Å². The second kappa shape index (κ2) is 6.62. The quantitative estimate of drug-likeness (QED) is 0.938. The zero-order chi connectivity index (χ0) is 16.4. The van der Waals surface area contributed by atoms with Crippen LogP contribution in [0.5, 0.6) is 0 Å². The van der Waals surface area contributed by atoms with E-state index in [9.17, 15) is 9.18 Å². The Morgan fingerprint density at radius 2 is 2.26 bits per heavy atom. The number of rotatable bonds is 3. The number of hydrogen-bond acceptors (Lipinski definition) is 5. The van der Waals surface area contributed by atoms with Gasteiger partial charge >= 0.3 is 0 Å². The van der Waals surface area contributed by atoms with E-state index < -0.39 is 0 Å². The van der Waals surface area contributed by atoms with Crippen molar-refractivity contribution in [2.24, 2.45) is 0 Å². The maximum atomic E-state index is 14.1. The fourth-order valence-corrected chi connectivity index (χ4v) is 3.43. The van der Waals surface area contributed by atoms with Crippen LogP contribution in [0.25, 0.3) is 0 Å². The van der Waals surface area contributed by atoms with Gasteiger partial charge in [-0.3, -0.25) is 4.79 Å². The monoisotopic (exact) mass is 334 g/mol. The van der Waals surface area contributed by atoms with Crippen molar-refractivity contribution in [3.05, 3.63) is 40.2 Å². The molecule has 1 aliphatic heterocycles. The molecule has 0 unspecified atom stereocenters. The van der Waals surface area contributed by atoms with Gasteiger partial charge in [0, 0.05) is 19.1 Å². The Hall–Kier alpha value is -2.02. The van der Waals surface area contributed by atoms with Crippen LogP contribution in [-0.4, -0.2) is 34.6 Å². The summed E-state index contributed by atoms with van der Waals surface area (Å²) >= 11 is 1.10. The highest BCUT2D eigenvalue weighted by molar-refractivity contribution is 7.08. The van der Waals surface area contributed by atoms with Crippen LogP contribution in [0.1, 0.15) is 33.8 Å². The van der Waals surface area contributed by atoms with E-state index >= 15 is 0 Å². The van der Waals surface area contributed by atoms with Crippen LogP contribution < -0.4 is 10.2 Å². The lowest BCUT2D eigenvalue weighted by atomic mass is 10.0. The minimum Gasteiger partial charge on any atom is -0.367 e. The number of aromatic nitrogens is 2. The molecule has 23 heavy (non-hydrogen) atoms. The summed E-state index contributed by atoms with van der Waals surface area (Å²) in [7, 11) is 0. The van der Waals surface area contributed by atoms with Crippen LogP contribution in [0, 0.1) is 19.7 Å². The van der Waals surface area contributed by atoms with E-state index in [1.165, 1.54) is 6.07 Å². The molecule has 1 atom stereocenters. The maximum Gasteiger partial charge on any atom is 0.265 e. The van der Waals surface area contributed by atoms with Crippen molar-refractivity contribution < 1.29 is 9.18 Å². The number of aryl methyl sites for hydroxylation is 2. The van der Waals surface area contributed by atoms with Crippen LogP contribution >= 0.6 is 11.5 Å². The molecule has 0 bridgehead atoms. The van der Waals surface area contributed by atoms with Gasteiger partial charge in [-0.15, -0.1) is 5.10 Å². The number of nitrogens with one attached hydrogen (secondary N) is 1. The Balaban J connectivity index is 1.70. The topological polar surface area (TPSA) is 58.1 Å². The molecule has 122 valence electrons. The molecule has 1 saturated heterocycles. The molecule has 0 spiro atoms. The number of halogens is 1. The number of amides is 1. The summed E-state index contributed by atoms with van der Waals surface area (Å²) in [6.07, 6.45) is 1.80. The van der Waals surface area contributed by atoms with E-state index in [4.69, 9.17) is 0 Å². The van der Waals surface area contributed by atoms with Gasteiger partial charge in [0.15, 0.2) is 0 Å². The number of anilines is 1. The molecule has 5 nitrogen and oxygen atoms in total. The fourth-order valence-electron chi connectivity index (χ4n) is 2.87. The minimum atomic E-state index is -0.218. The van der Waals surface area contributed by atoms with E-state index in [1.54, 1.807) is 13.0 Å². The first-order chi connectivity index (χ1) is 11.0. The Labute approximate surface area is 138 Å². The number of piperidine rings is 1. The summed E-state index contributed by atoms with van der Waals surface area (Å²) in [6, 6.07) is 5.12. The molecule has 1 aromatic carbocycles. The molecule has 1 N–H and O–H groups in total. The standard InChI is InChI=1S/C16H19FN4OS/c1-10-5-6-13(17)14(8-10)21-7-3-4-12(9-21)18-16(22)15-11(2)19-20-23-15/h5-6,8,12H,3-4,7,9H2,1-2H3,(H,18,22)/t12-/m0/s1. The molecule has 0 aliphatic carbocycles. The highest BCUT2D eigenvalue weighted by Gasteiger charge is 2.25. The van der Waals surface area contributed by atoms with Crippen molar-refractivity contribution in [1.29, 1.82) is 0 Å². The lowest BCUT2D eigenvalue weighted by molar-refractivity contribution is 0.0936. The first kappa shape index (κ1) is 15.9. The van der Waals surface area contributed by atoms with Gasteiger partial charge in [-0.05, 0) is 55.9 Å². The molecular formula is C16H19FN4OS. The van der Waals surface area contributed by atoms with Crippen LogP contribution in [0.2, 0.25) is 0 Å². The van der Waals surface area contributed by atoms with Crippen molar-refractivity contribution in [3.63, 3.8) is 0 Å². The molecule has 0 radical (unpaired) electrons. The van der Waals surface area contributed by atoms with Gasteiger partial charge in [-0.1, -0.05) is 10.6 Å². The SMILES string of the molecule is Cc1ccc(F)c(N2CCC[C@H](NC(=O)c3snnc3C)C2)c1. The number of benzene rings is 1. The third-order valence-corrected chi connectivity index (χ3v) is 4.88. The van der Waals surface area contributed by atoms with Gasteiger partial charge in [0.1, 0.15) is 10.7 Å². The Kier molecular flexibility index (Phi) is 4.56. The average molecular weight is 334 g/mol.